The molecule has 5 heteroatoms. The van der Waals surface area contributed by atoms with Crippen LogP contribution in [-0.4, -0.2) is 34.9 Å². The minimum absolute atomic E-state index is 0.0463. The summed E-state index contributed by atoms with van der Waals surface area (Å²) in [7, 11) is 0. The third kappa shape index (κ3) is 3.18. The molecule has 116 valence electrons. The van der Waals surface area contributed by atoms with Gasteiger partial charge in [-0.2, -0.15) is 0 Å². The molecule has 1 aliphatic rings. The van der Waals surface area contributed by atoms with Gasteiger partial charge in [-0.05, 0) is 43.7 Å². The number of carbonyl (C=O) groups is 1. The highest BCUT2D eigenvalue weighted by atomic mass is 35.5. The summed E-state index contributed by atoms with van der Waals surface area (Å²) in [6.45, 7) is 5.85. The Morgan fingerprint density at radius 3 is 3.18 bits per heavy atom. The Morgan fingerprint density at radius 2 is 2.36 bits per heavy atom. The number of fused-ring (bicyclic) bond motifs is 1. The van der Waals surface area contributed by atoms with E-state index in [9.17, 15) is 4.79 Å². The monoisotopic (exact) mass is 317 g/mol. The van der Waals surface area contributed by atoms with E-state index in [2.05, 4.69) is 27.8 Å². The standard InChI is InChI=1S/C17H20ClN3O/c1-2-7-19-17(22)16-4-3-8-21(16)11-14-10-12-9-13(18)5-6-15(12)20-14/h2,5-6,9-10,16,20H,1,3-4,7-8,11H2,(H,19,22). The summed E-state index contributed by atoms with van der Waals surface area (Å²) < 4.78 is 0. The zero-order chi connectivity index (χ0) is 15.5. The van der Waals surface area contributed by atoms with Crippen LogP contribution in [0.1, 0.15) is 18.5 Å². The molecule has 2 heterocycles. The Hall–Kier alpha value is -1.78. The molecule has 0 saturated carbocycles. The molecule has 2 aromatic rings. The number of benzene rings is 1. The Bertz CT molecular complexity index is 694. The lowest BCUT2D eigenvalue weighted by atomic mass is 10.2. The molecule has 1 amide bonds. The number of aromatic nitrogens is 1. The molecule has 2 N–H and O–H groups in total. The first-order chi connectivity index (χ1) is 10.7. The van der Waals surface area contributed by atoms with Gasteiger partial charge in [-0.1, -0.05) is 17.7 Å². The zero-order valence-corrected chi connectivity index (χ0v) is 13.2. The molecule has 1 fully saturated rings. The molecule has 1 atom stereocenters. The van der Waals surface area contributed by atoms with Crippen molar-refractivity contribution in [1.82, 2.24) is 15.2 Å². The van der Waals surface area contributed by atoms with Crippen LogP contribution in [0.2, 0.25) is 5.02 Å². The van der Waals surface area contributed by atoms with Crippen molar-refractivity contribution >= 4 is 28.4 Å². The number of nitrogens with one attached hydrogen (secondary N) is 2. The Balaban J connectivity index is 1.72. The summed E-state index contributed by atoms with van der Waals surface area (Å²) in [6, 6.07) is 7.88. The Labute approximate surface area is 135 Å². The minimum Gasteiger partial charge on any atom is -0.357 e. The number of amides is 1. The summed E-state index contributed by atoms with van der Waals surface area (Å²) >= 11 is 6.03. The van der Waals surface area contributed by atoms with Crippen LogP contribution in [0, 0.1) is 0 Å². The second-order valence-electron chi connectivity index (χ2n) is 5.69. The third-order valence-corrected chi connectivity index (χ3v) is 4.33. The van der Waals surface area contributed by atoms with Crippen LogP contribution in [0.25, 0.3) is 10.9 Å². The number of rotatable bonds is 5. The van der Waals surface area contributed by atoms with Crippen LogP contribution < -0.4 is 5.32 Å². The topological polar surface area (TPSA) is 48.1 Å². The molecule has 1 aromatic carbocycles. The average molecular weight is 318 g/mol. The number of hydrogen-bond acceptors (Lipinski definition) is 2. The van der Waals surface area contributed by atoms with Crippen molar-refractivity contribution in [2.24, 2.45) is 0 Å². The van der Waals surface area contributed by atoms with Crippen molar-refractivity contribution in [3.63, 3.8) is 0 Å². The molecule has 1 unspecified atom stereocenters. The molecule has 4 nitrogen and oxygen atoms in total. The maximum absolute atomic E-state index is 12.2. The predicted molar refractivity (Wildman–Crippen MR) is 89.9 cm³/mol. The molecule has 1 saturated heterocycles. The van der Waals surface area contributed by atoms with E-state index in [4.69, 9.17) is 11.6 Å². The summed E-state index contributed by atoms with van der Waals surface area (Å²) in [5, 5.41) is 4.74. The van der Waals surface area contributed by atoms with E-state index in [-0.39, 0.29) is 11.9 Å². The molecule has 0 radical (unpaired) electrons. The quantitative estimate of drug-likeness (QED) is 0.833. The normalized spacial score (nSPS) is 18.7. The molecule has 1 aliphatic heterocycles. The van der Waals surface area contributed by atoms with Gasteiger partial charge in [0.1, 0.15) is 0 Å². The number of hydrogen-bond donors (Lipinski definition) is 2. The molecule has 1 aromatic heterocycles. The first-order valence-corrected chi connectivity index (χ1v) is 7.95. The minimum atomic E-state index is -0.0463. The first kappa shape index (κ1) is 15.1. The van der Waals surface area contributed by atoms with E-state index in [0.717, 1.165) is 47.6 Å². The SMILES string of the molecule is C=CCNC(=O)C1CCCN1Cc1cc2cc(Cl)ccc2[nH]1. The van der Waals surface area contributed by atoms with Crippen LogP contribution in [0.3, 0.4) is 0 Å². The largest absolute Gasteiger partial charge is 0.357 e. The fourth-order valence-electron chi connectivity index (χ4n) is 3.07. The van der Waals surface area contributed by atoms with Gasteiger partial charge in [-0.25, -0.2) is 0 Å². The Kier molecular flexibility index (Phi) is 4.50. The molecular weight excluding hydrogens is 298 g/mol. The second kappa shape index (κ2) is 6.55. The van der Waals surface area contributed by atoms with Crippen LogP contribution in [0.4, 0.5) is 0 Å². The Morgan fingerprint density at radius 1 is 1.50 bits per heavy atom. The van der Waals surface area contributed by atoms with Gasteiger partial charge in [0, 0.05) is 34.7 Å². The molecule has 22 heavy (non-hydrogen) atoms. The van der Waals surface area contributed by atoms with E-state index >= 15 is 0 Å². The summed E-state index contributed by atoms with van der Waals surface area (Å²) in [4.78, 5) is 17.8. The lowest BCUT2D eigenvalue weighted by molar-refractivity contribution is -0.125. The number of aromatic amines is 1. The smallest absolute Gasteiger partial charge is 0.237 e. The number of halogens is 1. The number of carbonyl (C=O) groups excluding carboxylic acids is 1. The van der Waals surface area contributed by atoms with E-state index in [0.29, 0.717) is 6.54 Å². The van der Waals surface area contributed by atoms with Gasteiger partial charge in [0.15, 0.2) is 0 Å². The lowest BCUT2D eigenvalue weighted by Gasteiger charge is -2.22. The third-order valence-electron chi connectivity index (χ3n) is 4.10. The van der Waals surface area contributed by atoms with E-state index in [1.165, 1.54) is 0 Å². The summed E-state index contributed by atoms with van der Waals surface area (Å²) in [5.41, 5.74) is 2.19. The van der Waals surface area contributed by atoms with Gasteiger partial charge < -0.3 is 10.3 Å². The predicted octanol–water partition coefficient (Wildman–Crippen LogP) is 3.09. The molecule has 3 rings (SSSR count). The maximum Gasteiger partial charge on any atom is 0.237 e. The number of nitrogens with zero attached hydrogens (tertiary/aromatic N) is 1. The van der Waals surface area contributed by atoms with Gasteiger partial charge in [0.2, 0.25) is 5.91 Å². The van der Waals surface area contributed by atoms with Crippen molar-refractivity contribution in [2.45, 2.75) is 25.4 Å². The summed E-state index contributed by atoms with van der Waals surface area (Å²) in [5.74, 6) is 0.0940. The van der Waals surface area contributed by atoms with E-state index in [1.54, 1.807) is 6.08 Å². The van der Waals surface area contributed by atoms with Crippen LogP contribution in [-0.2, 0) is 11.3 Å². The van der Waals surface area contributed by atoms with Crippen LogP contribution in [0.15, 0.2) is 36.9 Å². The van der Waals surface area contributed by atoms with Crippen LogP contribution in [0.5, 0.6) is 0 Å². The highest BCUT2D eigenvalue weighted by Gasteiger charge is 2.30. The van der Waals surface area contributed by atoms with Gasteiger partial charge >= 0.3 is 0 Å². The van der Waals surface area contributed by atoms with Crippen molar-refractivity contribution < 1.29 is 4.79 Å². The molecule has 0 aliphatic carbocycles. The molecule has 0 spiro atoms. The van der Waals surface area contributed by atoms with Crippen LogP contribution >= 0.6 is 11.6 Å². The van der Waals surface area contributed by atoms with E-state index < -0.39 is 0 Å². The first-order valence-electron chi connectivity index (χ1n) is 7.57. The van der Waals surface area contributed by atoms with Crippen molar-refractivity contribution in [2.75, 3.05) is 13.1 Å². The van der Waals surface area contributed by atoms with Gasteiger partial charge in [-0.3, -0.25) is 9.69 Å². The van der Waals surface area contributed by atoms with Crippen molar-refractivity contribution in [3.05, 3.63) is 47.6 Å². The molecular formula is C17H20ClN3O. The fraction of sp³-hybridized carbons (Fsp3) is 0.353. The zero-order valence-electron chi connectivity index (χ0n) is 12.4. The number of likely N-dealkylation sites (tertiary alicyclic amines) is 1. The lowest BCUT2D eigenvalue weighted by Crippen LogP contribution is -2.42. The van der Waals surface area contributed by atoms with Gasteiger partial charge in [0.25, 0.3) is 0 Å². The fourth-order valence-corrected chi connectivity index (χ4v) is 3.25. The molecule has 0 bridgehead atoms. The van der Waals surface area contributed by atoms with Gasteiger partial charge in [0.05, 0.1) is 6.04 Å². The highest BCUT2D eigenvalue weighted by molar-refractivity contribution is 6.31. The number of H-pyrrole nitrogens is 1. The second-order valence-corrected chi connectivity index (χ2v) is 6.12. The van der Waals surface area contributed by atoms with Crippen molar-refractivity contribution in [3.8, 4) is 0 Å². The average Bonchev–Trinajstić information content (AvgIpc) is 3.11. The van der Waals surface area contributed by atoms with Crippen molar-refractivity contribution in [1.29, 1.82) is 0 Å². The maximum atomic E-state index is 12.2. The summed E-state index contributed by atoms with van der Waals surface area (Å²) in [6.07, 6.45) is 3.67. The van der Waals surface area contributed by atoms with E-state index in [1.807, 2.05) is 18.2 Å². The highest BCUT2D eigenvalue weighted by Crippen LogP contribution is 2.24. The van der Waals surface area contributed by atoms with Gasteiger partial charge in [-0.15, -0.1) is 6.58 Å².